The monoisotopic (exact) mass is 415 g/mol. The van der Waals surface area contributed by atoms with Gasteiger partial charge in [-0.2, -0.15) is 0 Å². The molecule has 8 nitrogen and oxygen atoms in total. The summed E-state index contributed by atoms with van der Waals surface area (Å²) in [5.41, 5.74) is 1.47. The Morgan fingerprint density at radius 1 is 1.00 bits per heavy atom. The lowest BCUT2D eigenvalue weighted by Crippen LogP contribution is -2.27. The molecule has 2 aromatic carbocycles. The number of nitrogens with zero attached hydrogens (tertiary/aromatic N) is 3. The Bertz CT molecular complexity index is 975. The summed E-state index contributed by atoms with van der Waals surface area (Å²) in [6, 6.07) is 12.6. The number of thioether (sulfide) groups is 1. The van der Waals surface area contributed by atoms with E-state index in [1.807, 2.05) is 24.3 Å². The van der Waals surface area contributed by atoms with E-state index in [2.05, 4.69) is 10.2 Å². The van der Waals surface area contributed by atoms with E-state index in [1.165, 1.54) is 16.7 Å². The normalized spacial score (nSPS) is 10.5. The number of anilines is 1. The number of benzene rings is 2. The predicted octanol–water partition coefficient (Wildman–Crippen LogP) is 3.52. The SMILES string of the molecule is COc1ccc(-c2nnc(SCC(=O)N(C)c3ccc(OC)c(OC)c3)o2)cc1. The maximum Gasteiger partial charge on any atom is 0.277 e. The minimum atomic E-state index is -0.119. The van der Waals surface area contributed by atoms with Crippen LogP contribution in [0.4, 0.5) is 5.69 Å². The molecule has 0 radical (unpaired) electrons. The molecular formula is C20H21N3O5S. The van der Waals surface area contributed by atoms with Gasteiger partial charge >= 0.3 is 0 Å². The number of methoxy groups -OCH3 is 3. The van der Waals surface area contributed by atoms with E-state index in [0.29, 0.717) is 28.3 Å². The standard InChI is InChI=1S/C20H21N3O5S/c1-23(14-7-10-16(26-3)17(11-14)27-4)18(24)12-29-20-22-21-19(28-20)13-5-8-15(25-2)9-6-13/h5-11H,12H2,1-4H3. The zero-order valence-corrected chi connectivity index (χ0v) is 17.4. The topological polar surface area (TPSA) is 86.9 Å². The molecule has 0 unspecified atom stereocenters. The van der Waals surface area contributed by atoms with Crippen molar-refractivity contribution in [2.45, 2.75) is 5.22 Å². The van der Waals surface area contributed by atoms with Crippen molar-refractivity contribution in [3.8, 4) is 28.7 Å². The molecule has 1 amide bonds. The number of hydrogen-bond acceptors (Lipinski definition) is 8. The fraction of sp³-hybridized carbons (Fsp3) is 0.250. The number of carbonyl (C=O) groups excluding carboxylic acids is 1. The molecule has 0 saturated heterocycles. The fourth-order valence-corrected chi connectivity index (χ4v) is 3.19. The van der Waals surface area contributed by atoms with Crippen LogP contribution in [0.25, 0.3) is 11.5 Å². The summed E-state index contributed by atoms with van der Waals surface area (Å²) < 4.78 is 21.3. The van der Waals surface area contributed by atoms with Gasteiger partial charge in [0, 0.05) is 24.4 Å². The van der Waals surface area contributed by atoms with E-state index in [1.54, 1.807) is 46.6 Å². The molecule has 152 valence electrons. The lowest BCUT2D eigenvalue weighted by atomic mass is 10.2. The first kappa shape index (κ1) is 20.5. The molecule has 9 heteroatoms. The van der Waals surface area contributed by atoms with Gasteiger partial charge in [-0.3, -0.25) is 4.79 Å². The Balaban J connectivity index is 1.62. The molecule has 1 heterocycles. The summed E-state index contributed by atoms with van der Waals surface area (Å²) in [7, 11) is 6.41. The minimum absolute atomic E-state index is 0.119. The zero-order chi connectivity index (χ0) is 20.8. The number of carbonyl (C=O) groups is 1. The van der Waals surface area contributed by atoms with Crippen molar-refractivity contribution in [1.82, 2.24) is 10.2 Å². The summed E-state index contributed by atoms with van der Waals surface area (Å²) in [6.07, 6.45) is 0. The summed E-state index contributed by atoms with van der Waals surface area (Å²) in [6.45, 7) is 0. The van der Waals surface area contributed by atoms with Gasteiger partial charge in [0.2, 0.25) is 11.8 Å². The molecule has 0 aliphatic heterocycles. The molecular weight excluding hydrogens is 394 g/mol. The van der Waals surface area contributed by atoms with Crippen LogP contribution in [0, 0.1) is 0 Å². The van der Waals surface area contributed by atoms with Gasteiger partial charge < -0.3 is 23.5 Å². The second kappa shape index (κ2) is 9.33. The van der Waals surface area contributed by atoms with Gasteiger partial charge in [-0.25, -0.2) is 0 Å². The number of ether oxygens (including phenoxy) is 3. The smallest absolute Gasteiger partial charge is 0.277 e. The number of rotatable bonds is 8. The molecule has 0 spiro atoms. The van der Waals surface area contributed by atoms with Crippen LogP contribution in [-0.4, -0.2) is 50.2 Å². The third kappa shape index (κ3) is 4.80. The average molecular weight is 415 g/mol. The van der Waals surface area contributed by atoms with Crippen molar-refractivity contribution in [2.75, 3.05) is 39.0 Å². The van der Waals surface area contributed by atoms with Gasteiger partial charge in [0.1, 0.15) is 5.75 Å². The highest BCUT2D eigenvalue weighted by molar-refractivity contribution is 7.99. The van der Waals surface area contributed by atoms with Gasteiger partial charge in [-0.15, -0.1) is 10.2 Å². The molecule has 0 bridgehead atoms. The molecule has 3 rings (SSSR count). The summed E-state index contributed by atoms with van der Waals surface area (Å²) in [5, 5.41) is 8.35. The lowest BCUT2D eigenvalue weighted by molar-refractivity contribution is -0.115. The Morgan fingerprint density at radius 2 is 1.72 bits per heavy atom. The van der Waals surface area contributed by atoms with Crippen LogP contribution in [0.5, 0.6) is 17.2 Å². The highest BCUT2D eigenvalue weighted by atomic mass is 32.2. The highest BCUT2D eigenvalue weighted by Crippen LogP contribution is 2.31. The van der Waals surface area contributed by atoms with Crippen molar-refractivity contribution in [2.24, 2.45) is 0 Å². The maximum absolute atomic E-state index is 12.5. The van der Waals surface area contributed by atoms with E-state index in [0.717, 1.165) is 11.3 Å². The molecule has 29 heavy (non-hydrogen) atoms. The fourth-order valence-electron chi connectivity index (χ4n) is 2.52. The van der Waals surface area contributed by atoms with Crippen molar-refractivity contribution in [3.05, 3.63) is 42.5 Å². The van der Waals surface area contributed by atoms with Crippen LogP contribution in [0.3, 0.4) is 0 Å². The van der Waals surface area contributed by atoms with Crippen molar-refractivity contribution < 1.29 is 23.4 Å². The third-order valence-corrected chi connectivity index (χ3v) is 4.99. The summed E-state index contributed by atoms with van der Waals surface area (Å²) in [5.74, 6) is 2.31. The number of amides is 1. The van der Waals surface area contributed by atoms with Crippen molar-refractivity contribution in [1.29, 1.82) is 0 Å². The highest BCUT2D eigenvalue weighted by Gasteiger charge is 2.16. The van der Waals surface area contributed by atoms with E-state index in [-0.39, 0.29) is 11.7 Å². The molecule has 0 aliphatic rings. The largest absolute Gasteiger partial charge is 0.497 e. The maximum atomic E-state index is 12.5. The minimum Gasteiger partial charge on any atom is -0.497 e. The second-order valence-electron chi connectivity index (χ2n) is 5.88. The molecule has 0 saturated carbocycles. The van der Waals surface area contributed by atoms with Gasteiger partial charge in [0.25, 0.3) is 5.22 Å². The zero-order valence-electron chi connectivity index (χ0n) is 16.5. The van der Waals surface area contributed by atoms with Gasteiger partial charge in [-0.05, 0) is 36.4 Å². The Labute approximate surface area is 172 Å². The van der Waals surface area contributed by atoms with Crippen LogP contribution in [0.2, 0.25) is 0 Å². The first-order valence-corrected chi connectivity index (χ1v) is 9.63. The third-order valence-electron chi connectivity index (χ3n) is 4.19. The number of aromatic nitrogens is 2. The molecule has 3 aromatic rings. The number of hydrogen-bond donors (Lipinski definition) is 0. The first-order chi connectivity index (χ1) is 14.0. The average Bonchev–Trinajstić information content (AvgIpc) is 3.25. The van der Waals surface area contributed by atoms with Crippen LogP contribution >= 0.6 is 11.8 Å². The van der Waals surface area contributed by atoms with E-state index in [9.17, 15) is 4.79 Å². The Hall–Kier alpha value is -3.20. The van der Waals surface area contributed by atoms with E-state index < -0.39 is 0 Å². The quantitative estimate of drug-likeness (QED) is 0.517. The second-order valence-corrected chi connectivity index (χ2v) is 6.81. The van der Waals surface area contributed by atoms with Gasteiger partial charge in [0.15, 0.2) is 11.5 Å². The predicted molar refractivity (Wildman–Crippen MR) is 110 cm³/mol. The molecule has 0 aliphatic carbocycles. The van der Waals surface area contributed by atoms with E-state index >= 15 is 0 Å². The molecule has 1 aromatic heterocycles. The van der Waals surface area contributed by atoms with Gasteiger partial charge in [-0.1, -0.05) is 11.8 Å². The van der Waals surface area contributed by atoms with E-state index in [4.69, 9.17) is 18.6 Å². The van der Waals surface area contributed by atoms with Crippen LogP contribution in [0.15, 0.2) is 52.1 Å². The van der Waals surface area contributed by atoms with Crippen molar-refractivity contribution >= 4 is 23.4 Å². The molecule has 0 atom stereocenters. The van der Waals surface area contributed by atoms with Gasteiger partial charge in [0.05, 0.1) is 27.1 Å². The molecule has 0 fully saturated rings. The molecule has 0 N–H and O–H groups in total. The van der Waals surface area contributed by atoms with Crippen LogP contribution in [-0.2, 0) is 4.79 Å². The van der Waals surface area contributed by atoms with Crippen molar-refractivity contribution in [3.63, 3.8) is 0 Å². The van der Waals surface area contributed by atoms with Crippen LogP contribution < -0.4 is 19.1 Å². The lowest BCUT2D eigenvalue weighted by Gasteiger charge is -2.18. The Morgan fingerprint density at radius 3 is 2.38 bits per heavy atom. The summed E-state index contributed by atoms with van der Waals surface area (Å²) >= 11 is 1.18. The Kier molecular flexibility index (Phi) is 6.61. The summed E-state index contributed by atoms with van der Waals surface area (Å²) in [4.78, 5) is 14.1. The first-order valence-electron chi connectivity index (χ1n) is 8.65. The van der Waals surface area contributed by atoms with Crippen LogP contribution in [0.1, 0.15) is 0 Å².